The second-order valence-corrected chi connectivity index (χ2v) is 4.93. The largest absolute Gasteiger partial charge is 0.394 e. The van der Waals surface area contributed by atoms with E-state index < -0.39 is 0 Å². The zero-order chi connectivity index (χ0) is 14.3. The molecule has 0 aliphatic heterocycles. The van der Waals surface area contributed by atoms with Gasteiger partial charge in [-0.15, -0.1) is 0 Å². The van der Waals surface area contributed by atoms with Gasteiger partial charge in [0.15, 0.2) is 5.82 Å². The van der Waals surface area contributed by atoms with Crippen molar-refractivity contribution in [3.8, 4) is 0 Å². The number of hydrogen-bond donors (Lipinski definition) is 2. The van der Waals surface area contributed by atoms with Crippen molar-refractivity contribution in [2.45, 2.75) is 13.8 Å². The maximum atomic E-state index is 6.06. The molecule has 3 rings (SSSR count). The summed E-state index contributed by atoms with van der Waals surface area (Å²) in [5.74, 6) is 0.790. The van der Waals surface area contributed by atoms with Crippen LogP contribution in [0, 0.1) is 13.8 Å². The van der Waals surface area contributed by atoms with Gasteiger partial charge in [0, 0.05) is 18.1 Å². The molecule has 20 heavy (non-hydrogen) atoms. The Hall–Kier alpha value is -2.56. The number of rotatable bonds is 2. The van der Waals surface area contributed by atoms with E-state index >= 15 is 0 Å². The average molecular weight is 267 g/mol. The normalized spacial score (nSPS) is 10.9. The fourth-order valence-electron chi connectivity index (χ4n) is 2.30. The van der Waals surface area contributed by atoms with E-state index in [1.807, 2.05) is 45.2 Å². The Balaban J connectivity index is 2.13. The second-order valence-electron chi connectivity index (χ2n) is 4.93. The van der Waals surface area contributed by atoms with Crippen molar-refractivity contribution in [3.05, 3.63) is 41.7 Å². The molecule has 0 atom stereocenters. The Morgan fingerprint density at radius 3 is 2.65 bits per heavy atom. The van der Waals surface area contributed by atoms with Crippen molar-refractivity contribution >= 4 is 28.1 Å². The minimum atomic E-state index is 0.664. The Bertz CT molecular complexity index is 788. The van der Waals surface area contributed by atoms with E-state index in [1.165, 1.54) is 0 Å². The summed E-state index contributed by atoms with van der Waals surface area (Å²) in [5, 5.41) is 8.75. The molecule has 102 valence electrons. The van der Waals surface area contributed by atoms with Crippen LogP contribution in [-0.4, -0.2) is 14.8 Å². The molecule has 2 heterocycles. The number of aryl methyl sites for hydroxylation is 3. The number of nitrogens with two attached hydrogens (primary N) is 1. The van der Waals surface area contributed by atoms with Crippen LogP contribution in [0.5, 0.6) is 0 Å². The summed E-state index contributed by atoms with van der Waals surface area (Å²) in [6.07, 6.45) is 0. The summed E-state index contributed by atoms with van der Waals surface area (Å²) in [6.45, 7) is 3.88. The molecule has 1 aromatic carbocycles. The van der Waals surface area contributed by atoms with Gasteiger partial charge in [-0.2, -0.15) is 5.10 Å². The number of fused-ring (bicyclic) bond motifs is 1. The van der Waals surface area contributed by atoms with Gasteiger partial charge in [-0.05, 0) is 26.0 Å². The third kappa shape index (κ3) is 1.97. The lowest BCUT2D eigenvalue weighted by molar-refractivity contribution is 0.765. The van der Waals surface area contributed by atoms with E-state index in [0.29, 0.717) is 5.69 Å². The fourth-order valence-corrected chi connectivity index (χ4v) is 2.30. The third-order valence-electron chi connectivity index (χ3n) is 3.38. The molecular formula is C15H17N5. The van der Waals surface area contributed by atoms with E-state index in [-0.39, 0.29) is 0 Å². The van der Waals surface area contributed by atoms with Gasteiger partial charge in [0.25, 0.3) is 0 Å². The van der Waals surface area contributed by atoms with Gasteiger partial charge >= 0.3 is 0 Å². The zero-order valence-electron chi connectivity index (χ0n) is 11.8. The van der Waals surface area contributed by atoms with E-state index in [9.17, 15) is 0 Å². The van der Waals surface area contributed by atoms with E-state index in [4.69, 9.17) is 5.73 Å². The van der Waals surface area contributed by atoms with Gasteiger partial charge in [-0.25, -0.2) is 0 Å². The summed E-state index contributed by atoms with van der Waals surface area (Å²) in [5.41, 5.74) is 10.4. The summed E-state index contributed by atoms with van der Waals surface area (Å²) < 4.78 is 1.75. The number of nitrogens with zero attached hydrogens (tertiary/aromatic N) is 3. The van der Waals surface area contributed by atoms with Crippen molar-refractivity contribution in [1.29, 1.82) is 0 Å². The van der Waals surface area contributed by atoms with E-state index in [2.05, 4.69) is 21.5 Å². The summed E-state index contributed by atoms with van der Waals surface area (Å²) in [4.78, 5) is 4.60. The highest BCUT2D eigenvalue weighted by molar-refractivity contribution is 5.93. The summed E-state index contributed by atoms with van der Waals surface area (Å²) >= 11 is 0. The lowest BCUT2D eigenvalue weighted by atomic mass is 10.1. The molecule has 0 aliphatic rings. The predicted octanol–water partition coefficient (Wildman–Crippen LogP) is 2.91. The highest BCUT2D eigenvalue weighted by atomic mass is 15.3. The number of nitrogen functional groups attached to an aromatic ring is 1. The molecule has 0 radical (unpaired) electrons. The SMILES string of the molecule is Cc1ccc2cccc(Nc3c(N)c(C)nn3C)c2n1. The van der Waals surface area contributed by atoms with Crippen LogP contribution in [-0.2, 0) is 7.05 Å². The molecule has 0 aliphatic carbocycles. The van der Waals surface area contributed by atoms with Gasteiger partial charge in [0.05, 0.1) is 22.6 Å². The Morgan fingerprint density at radius 1 is 1.15 bits per heavy atom. The third-order valence-corrected chi connectivity index (χ3v) is 3.38. The molecule has 2 aromatic heterocycles. The Labute approximate surface area is 117 Å². The van der Waals surface area contributed by atoms with Crippen molar-refractivity contribution in [1.82, 2.24) is 14.8 Å². The number of benzene rings is 1. The monoisotopic (exact) mass is 267 g/mol. The van der Waals surface area contributed by atoms with Gasteiger partial charge in [-0.1, -0.05) is 18.2 Å². The molecule has 0 amide bonds. The van der Waals surface area contributed by atoms with Crippen LogP contribution in [0.2, 0.25) is 0 Å². The van der Waals surface area contributed by atoms with Crippen LogP contribution in [0.15, 0.2) is 30.3 Å². The van der Waals surface area contributed by atoms with Crippen molar-refractivity contribution in [3.63, 3.8) is 0 Å². The highest BCUT2D eigenvalue weighted by Gasteiger charge is 2.11. The first-order valence-electron chi connectivity index (χ1n) is 6.49. The first-order valence-corrected chi connectivity index (χ1v) is 6.49. The summed E-state index contributed by atoms with van der Waals surface area (Å²) in [7, 11) is 1.87. The van der Waals surface area contributed by atoms with Crippen LogP contribution in [0.3, 0.4) is 0 Å². The molecule has 5 heteroatoms. The van der Waals surface area contributed by atoms with Crippen LogP contribution < -0.4 is 11.1 Å². The number of para-hydroxylation sites is 1. The molecule has 0 fully saturated rings. The van der Waals surface area contributed by atoms with E-state index in [1.54, 1.807) is 4.68 Å². The topological polar surface area (TPSA) is 68.8 Å². The molecule has 3 N–H and O–H groups in total. The fraction of sp³-hybridized carbons (Fsp3) is 0.200. The minimum absolute atomic E-state index is 0.664. The molecule has 0 spiro atoms. The lowest BCUT2D eigenvalue weighted by Gasteiger charge is -2.10. The van der Waals surface area contributed by atoms with Gasteiger partial charge in [0.1, 0.15) is 0 Å². The van der Waals surface area contributed by atoms with Gasteiger partial charge in [-0.3, -0.25) is 9.67 Å². The minimum Gasteiger partial charge on any atom is -0.394 e. The first-order chi connectivity index (χ1) is 9.56. The Kier molecular flexibility index (Phi) is 2.82. The molecular weight excluding hydrogens is 250 g/mol. The molecule has 0 saturated carbocycles. The van der Waals surface area contributed by atoms with Crippen molar-refractivity contribution in [2.75, 3.05) is 11.1 Å². The van der Waals surface area contributed by atoms with Crippen LogP contribution >= 0.6 is 0 Å². The van der Waals surface area contributed by atoms with Gasteiger partial charge in [0.2, 0.25) is 0 Å². The maximum Gasteiger partial charge on any atom is 0.152 e. The highest BCUT2D eigenvalue weighted by Crippen LogP contribution is 2.29. The van der Waals surface area contributed by atoms with Crippen LogP contribution in [0.4, 0.5) is 17.2 Å². The maximum absolute atomic E-state index is 6.06. The predicted molar refractivity (Wildman–Crippen MR) is 82.1 cm³/mol. The number of anilines is 3. The zero-order valence-corrected chi connectivity index (χ0v) is 11.8. The van der Waals surface area contributed by atoms with E-state index in [0.717, 1.165) is 33.8 Å². The van der Waals surface area contributed by atoms with Crippen LogP contribution in [0.1, 0.15) is 11.4 Å². The lowest BCUT2D eigenvalue weighted by Crippen LogP contribution is -2.02. The van der Waals surface area contributed by atoms with Crippen molar-refractivity contribution < 1.29 is 0 Å². The first kappa shape index (κ1) is 12.5. The van der Waals surface area contributed by atoms with Gasteiger partial charge < -0.3 is 11.1 Å². The molecule has 0 bridgehead atoms. The molecule has 0 unspecified atom stereocenters. The second kappa shape index (κ2) is 4.52. The average Bonchev–Trinajstić information content (AvgIpc) is 2.66. The molecule has 3 aromatic rings. The smallest absolute Gasteiger partial charge is 0.152 e. The number of nitrogens with one attached hydrogen (secondary N) is 1. The van der Waals surface area contributed by atoms with Crippen molar-refractivity contribution in [2.24, 2.45) is 7.05 Å². The standard InChI is InChI=1S/C15H17N5/c1-9-7-8-11-5-4-6-12(14(11)17-9)18-15-13(16)10(2)19-20(15)3/h4-8,18H,16H2,1-3H3. The number of hydrogen-bond acceptors (Lipinski definition) is 4. The van der Waals surface area contributed by atoms with Crippen LogP contribution in [0.25, 0.3) is 10.9 Å². The molecule has 0 saturated heterocycles. The summed E-state index contributed by atoms with van der Waals surface area (Å²) in [6, 6.07) is 10.1. The number of aromatic nitrogens is 3. The quantitative estimate of drug-likeness (QED) is 0.749. The number of pyridine rings is 1. The Morgan fingerprint density at radius 2 is 1.95 bits per heavy atom. The molecule has 5 nitrogen and oxygen atoms in total.